The first-order chi connectivity index (χ1) is 23.9. The molecule has 2 aromatic carbocycles. The number of likely N-dealkylation sites (tertiary alicyclic amines) is 1. The molecule has 1 fully saturated rings. The number of furan rings is 1. The molecular formula is C36H31F3N6O4S. The van der Waals surface area contributed by atoms with E-state index in [1.807, 2.05) is 17.0 Å². The van der Waals surface area contributed by atoms with Crippen molar-refractivity contribution in [2.45, 2.75) is 18.6 Å². The molecular weight excluding hydrogens is 669 g/mol. The van der Waals surface area contributed by atoms with E-state index < -0.39 is 27.9 Å². The summed E-state index contributed by atoms with van der Waals surface area (Å²) < 4.78 is 77.7. The van der Waals surface area contributed by atoms with Crippen molar-refractivity contribution in [3.8, 4) is 34.0 Å². The SMILES string of the molecule is CNC(=O)c1c(-c2ccc(F)cc2)oc2nc(N(C)S(C)(=O)=O)c(-c3ccc4c(n3)-c3cc5c(F)cccc5n3C(CN3CC(F)C3)C4)cc12. The number of hydrogen-bond donors (Lipinski definition) is 1. The maximum Gasteiger partial charge on any atom is 0.255 e. The van der Waals surface area contributed by atoms with Crippen LogP contribution in [0.1, 0.15) is 22.0 Å². The highest BCUT2D eigenvalue weighted by molar-refractivity contribution is 7.92. The van der Waals surface area contributed by atoms with Gasteiger partial charge in [-0.1, -0.05) is 12.1 Å². The van der Waals surface area contributed by atoms with Gasteiger partial charge in [0, 0.05) is 50.2 Å². The number of hydrogen-bond acceptors (Lipinski definition) is 7. The van der Waals surface area contributed by atoms with Gasteiger partial charge in [-0.25, -0.2) is 26.6 Å². The summed E-state index contributed by atoms with van der Waals surface area (Å²) in [4.78, 5) is 25.0. The molecule has 0 saturated carbocycles. The third kappa shape index (κ3) is 5.21. The monoisotopic (exact) mass is 700 g/mol. The van der Waals surface area contributed by atoms with Crippen molar-refractivity contribution in [2.75, 3.05) is 44.3 Å². The average Bonchev–Trinajstić information content (AvgIpc) is 3.66. The summed E-state index contributed by atoms with van der Waals surface area (Å²) in [7, 11) is -1.02. The molecule has 0 spiro atoms. The molecule has 8 rings (SSSR count). The molecule has 1 saturated heterocycles. The average molecular weight is 701 g/mol. The highest BCUT2D eigenvalue weighted by Crippen LogP contribution is 2.43. The van der Waals surface area contributed by atoms with Crippen LogP contribution in [0.15, 0.2) is 71.1 Å². The fourth-order valence-electron chi connectivity index (χ4n) is 7.01. The van der Waals surface area contributed by atoms with Crippen LogP contribution in [0, 0.1) is 11.6 Å². The van der Waals surface area contributed by atoms with Gasteiger partial charge in [-0.05, 0) is 66.6 Å². The molecule has 1 atom stereocenters. The van der Waals surface area contributed by atoms with Gasteiger partial charge in [0.15, 0.2) is 5.82 Å². The summed E-state index contributed by atoms with van der Waals surface area (Å²) in [6.45, 7) is 1.28. The Morgan fingerprint density at radius 2 is 1.80 bits per heavy atom. The van der Waals surface area contributed by atoms with Crippen LogP contribution in [0.25, 0.3) is 56.0 Å². The molecule has 1 N–H and O–H groups in total. The second-order valence-electron chi connectivity index (χ2n) is 12.8. The Balaban J connectivity index is 1.34. The molecule has 6 aromatic rings. The first-order valence-corrected chi connectivity index (χ1v) is 17.8. The summed E-state index contributed by atoms with van der Waals surface area (Å²) in [6, 6.07) is 17.3. The molecule has 0 aliphatic carbocycles. The van der Waals surface area contributed by atoms with Gasteiger partial charge in [-0.15, -0.1) is 0 Å². The van der Waals surface area contributed by atoms with Gasteiger partial charge < -0.3 is 14.3 Å². The number of anilines is 1. The summed E-state index contributed by atoms with van der Waals surface area (Å²) in [5, 5.41) is 3.34. The first kappa shape index (κ1) is 32.0. The molecule has 6 heterocycles. The third-order valence-electron chi connectivity index (χ3n) is 9.55. The topological polar surface area (TPSA) is 114 Å². The van der Waals surface area contributed by atoms with Gasteiger partial charge in [0.05, 0.1) is 45.8 Å². The number of fused-ring (bicyclic) bond motifs is 6. The van der Waals surface area contributed by atoms with Gasteiger partial charge in [0.2, 0.25) is 15.7 Å². The molecule has 256 valence electrons. The zero-order chi connectivity index (χ0) is 35.1. The molecule has 14 heteroatoms. The summed E-state index contributed by atoms with van der Waals surface area (Å²) in [6.07, 6.45) is 0.742. The van der Waals surface area contributed by atoms with Crippen molar-refractivity contribution in [1.82, 2.24) is 24.8 Å². The number of amides is 1. The van der Waals surface area contributed by atoms with Crippen LogP contribution in [0.4, 0.5) is 19.0 Å². The number of nitrogens with one attached hydrogen (secondary N) is 1. The number of benzene rings is 2. The molecule has 2 aliphatic rings. The molecule has 2 aliphatic heterocycles. The van der Waals surface area contributed by atoms with E-state index in [-0.39, 0.29) is 34.7 Å². The highest BCUT2D eigenvalue weighted by atomic mass is 32.2. The van der Waals surface area contributed by atoms with Crippen molar-refractivity contribution in [3.05, 3.63) is 89.5 Å². The summed E-state index contributed by atoms with van der Waals surface area (Å²) in [5.74, 6) is -1.19. The van der Waals surface area contributed by atoms with Gasteiger partial charge in [0.1, 0.15) is 23.6 Å². The third-order valence-corrected chi connectivity index (χ3v) is 10.7. The number of halogens is 3. The number of carbonyl (C=O) groups excluding carboxylic acids is 1. The van der Waals surface area contributed by atoms with Crippen molar-refractivity contribution in [3.63, 3.8) is 0 Å². The molecule has 0 bridgehead atoms. The number of pyridine rings is 2. The second kappa shape index (κ2) is 11.7. The summed E-state index contributed by atoms with van der Waals surface area (Å²) >= 11 is 0. The highest BCUT2D eigenvalue weighted by Gasteiger charge is 2.34. The van der Waals surface area contributed by atoms with Crippen LogP contribution in [0.5, 0.6) is 0 Å². The van der Waals surface area contributed by atoms with E-state index in [4.69, 9.17) is 9.40 Å². The molecule has 4 aromatic heterocycles. The van der Waals surface area contributed by atoms with Crippen LogP contribution in [0.2, 0.25) is 0 Å². The van der Waals surface area contributed by atoms with Crippen LogP contribution in [0.3, 0.4) is 0 Å². The Bertz CT molecular complexity index is 2460. The molecule has 1 amide bonds. The van der Waals surface area contributed by atoms with Crippen molar-refractivity contribution >= 4 is 43.8 Å². The normalized spacial score (nSPS) is 16.3. The smallest absolute Gasteiger partial charge is 0.255 e. The number of carbonyl (C=O) groups is 1. The van der Waals surface area contributed by atoms with Crippen LogP contribution >= 0.6 is 0 Å². The Morgan fingerprint density at radius 3 is 2.50 bits per heavy atom. The molecule has 10 nitrogen and oxygen atoms in total. The maximum absolute atomic E-state index is 15.2. The minimum absolute atomic E-state index is 0.00455. The Labute approximate surface area is 285 Å². The first-order valence-electron chi connectivity index (χ1n) is 16.0. The molecule has 0 radical (unpaired) electrons. The summed E-state index contributed by atoms with van der Waals surface area (Å²) in [5.41, 5.74) is 4.06. The number of alkyl halides is 1. The molecule has 1 unspecified atom stereocenters. The van der Waals surface area contributed by atoms with Gasteiger partial charge >= 0.3 is 0 Å². The number of aromatic nitrogens is 3. The molecule has 50 heavy (non-hydrogen) atoms. The van der Waals surface area contributed by atoms with E-state index in [0.29, 0.717) is 70.6 Å². The lowest BCUT2D eigenvalue weighted by molar-refractivity contribution is 0.0534. The van der Waals surface area contributed by atoms with Crippen molar-refractivity contribution in [2.24, 2.45) is 0 Å². The van der Waals surface area contributed by atoms with E-state index in [9.17, 15) is 22.0 Å². The minimum Gasteiger partial charge on any atom is -0.437 e. The van der Waals surface area contributed by atoms with Gasteiger partial charge in [-0.3, -0.25) is 14.0 Å². The Hall–Kier alpha value is -5.21. The van der Waals surface area contributed by atoms with Crippen molar-refractivity contribution in [1.29, 1.82) is 0 Å². The number of nitrogens with zero attached hydrogens (tertiary/aromatic N) is 5. The Morgan fingerprint density at radius 1 is 1.04 bits per heavy atom. The quantitative estimate of drug-likeness (QED) is 0.219. The zero-order valence-corrected chi connectivity index (χ0v) is 28.1. The predicted octanol–water partition coefficient (Wildman–Crippen LogP) is 5.96. The van der Waals surface area contributed by atoms with Gasteiger partial charge in [0.25, 0.3) is 5.91 Å². The van der Waals surface area contributed by atoms with E-state index in [0.717, 1.165) is 16.1 Å². The zero-order valence-electron chi connectivity index (χ0n) is 27.2. The lowest BCUT2D eigenvalue weighted by Crippen LogP contribution is -2.50. The predicted molar refractivity (Wildman–Crippen MR) is 184 cm³/mol. The fraction of sp³-hybridized carbons (Fsp3) is 0.250. The number of sulfonamides is 1. The minimum atomic E-state index is -3.84. The number of rotatable bonds is 7. The standard InChI is InChI=1S/C36H31F3N6O4S/c1-40-35(46)31-26-14-25(34(43(2)50(3,47)48)42-36(26)49-33(31)19-7-10-21(37)11-8-19)28-12-9-20-13-23(18-44-16-22(38)17-44)45-29-6-4-5-27(39)24(29)15-30(45)32(20)41-28/h4-12,14-15,22-23H,13,16-18H2,1-3H3,(H,40,46). The van der Waals surface area contributed by atoms with Gasteiger partial charge in [-0.2, -0.15) is 4.98 Å². The lowest BCUT2D eigenvalue weighted by atomic mass is 9.95. The fourth-order valence-corrected chi connectivity index (χ4v) is 7.47. The van der Waals surface area contributed by atoms with E-state index in [1.165, 1.54) is 44.4 Å². The van der Waals surface area contributed by atoms with Crippen molar-refractivity contribution < 1.29 is 30.8 Å². The van der Waals surface area contributed by atoms with E-state index in [1.54, 1.807) is 24.3 Å². The second-order valence-corrected chi connectivity index (χ2v) is 14.8. The van der Waals surface area contributed by atoms with Crippen LogP contribution in [-0.4, -0.2) is 79.9 Å². The van der Waals surface area contributed by atoms with Crippen LogP contribution < -0.4 is 9.62 Å². The lowest BCUT2D eigenvalue weighted by Gasteiger charge is -2.39. The maximum atomic E-state index is 15.2. The van der Waals surface area contributed by atoms with E-state index in [2.05, 4.69) is 14.9 Å². The van der Waals surface area contributed by atoms with Crippen LogP contribution in [-0.2, 0) is 16.4 Å². The Kier molecular flexibility index (Phi) is 7.49. The van der Waals surface area contributed by atoms with E-state index >= 15 is 4.39 Å². The largest absolute Gasteiger partial charge is 0.437 e.